The molecule has 2 aliphatic rings. The molecule has 164 valence electrons. The van der Waals surface area contributed by atoms with Crippen LogP contribution in [0.1, 0.15) is 19.8 Å². The maximum atomic E-state index is 4.51. The molecule has 0 amide bonds. The number of likely N-dealkylation sites (N-methyl/N-ethyl adjacent to an activating group) is 1. The van der Waals surface area contributed by atoms with E-state index in [0.29, 0.717) is 0 Å². The minimum absolute atomic E-state index is 0. The van der Waals surface area contributed by atoms with Crippen molar-refractivity contribution in [3.05, 3.63) is 30.3 Å². The van der Waals surface area contributed by atoms with Gasteiger partial charge >= 0.3 is 0 Å². The van der Waals surface area contributed by atoms with Gasteiger partial charge in [-0.05, 0) is 38.1 Å². The van der Waals surface area contributed by atoms with Crippen LogP contribution in [0.5, 0.6) is 0 Å². The Morgan fingerprint density at radius 3 is 2.17 bits per heavy atom. The van der Waals surface area contributed by atoms with Crippen LogP contribution in [0.15, 0.2) is 35.3 Å². The van der Waals surface area contributed by atoms with Crippen LogP contribution in [0.4, 0.5) is 5.69 Å². The van der Waals surface area contributed by atoms with Crippen LogP contribution >= 0.6 is 24.0 Å². The molecule has 7 heteroatoms. The Balaban J connectivity index is 0.00000300. The highest BCUT2D eigenvalue weighted by atomic mass is 127. The summed E-state index contributed by atoms with van der Waals surface area (Å²) in [6.45, 7) is 14.8. The predicted molar refractivity (Wildman–Crippen MR) is 135 cm³/mol. The number of halogens is 1. The van der Waals surface area contributed by atoms with E-state index in [2.05, 4.69) is 67.2 Å². The number of nitrogens with one attached hydrogen (secondary N) is 1. The molecule has 0 aliphatic carbocycles. The van der Waals surface area contributed by atoms with Gasteiger partial charge in [0, 0.05) is 71.6 Å². The van der Waals surface area contributed by atoms with Crippen LogP contribution in [0.2, 0.25) is 0 Å². The molecule has 0 atom stereocenters. The van der Waals surface area contributed by atoms with E-state index in [1.807, 2.05) is 7.05 Å². The third kappa shape index (κ3) is 7.61. The van der Waals surface area contributed by atoms with Gasteiger partial charge in [0.05, 0.1) is 0 Å². The first-order valence-electron chi connectivity index (χ1n) is 11.0. The van der Waals surface area contributed by atoms with E-state index in [1.165, 1.54) is 57.8 Å². The van der Waals surface area contributed by atoms with Crippen molar-refractivity contribution in [2.75, 3.05) is 83.9 Å². The summed E-state index contributed by atoms with van der Waals surface area (Å²) in [6, 6.07) is 10.7. The molecule has 2 aliphatic heterocycles. The van der Waals surface area contributed by atoms with Gasteiger partial charge in [-0.2, -0.15) is 0 Å². The summed E-state index contributed by atoms with van der Waals surface area (Å²) in [5.74, 6) is 1.06. The fourth-order valence-electron chi connectivity index (χ4n) is 4.14. The number of hydrogen-bond donors (Lipinski definition) is 1. The number of anilines is 1. The summed E-state index contributed by atoms with van der Waals surface area (Å²) in [6.07, 6.45) is 2.47. The monoisotopic (exact) mass is 514 g/mol. The van der Waals surface area contributed by atoms with Gasteiger partial charge in [0.1, 0.15) is 0 Å². The lowest BCUT2D eigenvalue weighted by Crippen LogP contribution is -2.52. The highest BCUT2D eigenvalue weighted by molar-refractivity contribution is 14.0. The van der Waals surface area contributed by atoms with Gasteiger partial charge in [-0.15, -0.1) is 24.0 Å². The first-order chi connectivity index (χ1) is 13.8. The Morgan fingerprint density at radius 2 is 1.55 bits per heavy atom. The lowest BCUT2D eigenvalue weighted by atomic mass is 10.2. The molecular formula is C22H39IN6. The molecule has 0 aromatic heterocycles. The molecule has 29 heavy (non-hydrogen) atoms. The average Bonchev–Trinajstić information content (AvgIpc) is 2.77. The van der Waals surface area contributed by atoms with E-state index in [0.717, 1.165) is 38.7 Å². The van der Waals surface area contributed by atoms with Crippen LogP contribution in [0.3, 0.4) is 0 Å². The summed E-state index contributed by atoms with van der Waals surface area (Å²) < 4.78 is 0. The molecule has 2 saturated heterocycles. The fraction of sp³-hybridized carbons (Fsp3) is 0.682. The summed E-state index contributed by atoms with van der Waals surface area (Å²) in [4.78, 5) is 14.5. The second-order valence-corrected chi connectivity index (χ2v) is 7.77. The van der Waals surface area contributed by atoms with E-state index < -0.39 is 0 Å². The lowest BCUT2D eigenvalue weighted by molar-refractivity contribution is 0.136. The van der Waals surface area contributed by atoms with Crippen molar-refractivity contribution in [2.45, 2.75) is 19.8 Å². The van der Waals surface area contributed by atoms with Gasteiger partial charge in [0.2, 0.25) is 0 Å². The lowest BCUT2D eigenvalue weighted by Gasteiger charge is -2.37. The summed E-state index contributed by atoms with van der Waals surface area (Å²) in [7, 11) is 1.90. The molecule has 0 spiro atoms. The molecule has 0 saturated carbocycles. The third-order valence-electron chi connectivity index (χ3n) is 6.01. The van der Waals surface area contributed by atoms with Gasteiger partial charge in [-0.1, -0.05) is 25.1 Å². The molecule has 0 bridgehead atoms. The number of para-hydroxylation sites is 1. The number of piperazine rings is 2. The Bertz CT molecular complexity index is 580. The summed E-state index contributed by atoms with van der Waals surface area (Å²) in [5.41, 5.74) is 1.32. The third-order valence-corrected chi connectivity index (χ3v) is 6.01. The number of unbranched alkanes of at least 4 members (excludes halogenated alkanes) is 1. The Labute approximate surface area is 194 Å². The number of guanidine groups is 1. The van der Waals surface area contributed by atoms with Crippen molar-refractivity contribution in [2.24, 2.45) is 4.99 Å². The highest BCUT2D eigenvalue weighted by Crippen LogP contribution is 2.15. The zero-order valence-corrected chi connectivity index (χ0v) is 20.6. The minimum atomic E-state index is 0. The molecular weight excluding hydrogens is 475 g/mol. The zero-order chi connectivity index (χ0) is 19.6. The van der Waals surface area contributed by atoms with Gasteiger partial charge in [0.15, 0.2) is 5.96 Å². The van der Waals surface area contributed by atoms with Gasteiger partial charge in [0.25, 0.3) is 0 Å². The van der Waals surface area contributed by atoms with E-state index in [9.17, 15) is 0 Å². The maximum absolute atomic E-state index is 4.51. The highest BCUT2D eigenvalue weighted by Gasteiger charge is 2.19. The molecule has 1 N–H and O–H groups in total. The van der Waals surface area contributed by atoms with E-state index >= 15 is 0 Å². The van der Waals surface area contributed by atoms with E-state index in [-0.39, 0.29) is 24.0 Å². The Kier molecular flexibility index (Phi) is 11.1. The number of nitrogens with zero attached hydrogens (tertiary/aromatic N) is 5. The number of aliphatic imine (C=N–C) groups is 1. The van der Waals surface area contributed by atoms with Crippen LogP contribution < -0.4 is 10.2 Å². The first kappa shape index (κ1) is 24.2. The number of hydrogen-bond acceptors (Lipinski definition) is 4. The maximum Gasteiger partial charge on any atom is 0.193 e. The van der Waals surface area contributed by atoms with Crippen LogP contribution in [-0.2, 0) is 0 Å². The SMILES string of the molecule is CCN1CCN(CCCCNC(=NC)N2CCN(c3ccccc3)CC2)CC1.I. The van der Waals surface area contributed by atoms with E-state index in [4.69, 9.17) is 0 Å². The standard InChI is InChI=1S/C22H38N6.HI/c1-3-25-13-15-26(16-14-25)12-8-7-11-24-22(23-2)28-19-17-27(18-20-28)21-9-5-4-6-10-21;/h4-6,9-10H,3,7-8,11-20H2,1-2H3,(H,23,24);1H. The molecule has 0 radical (unpaired) electrons. The van der Waals surface area contributed by atoms with Crippen molar-refractivity contribution in [3.8, 4) is 0 Å². The molecule has 1 aromatic rings. The first-order valence-corrected chi connectivity index (χ1v) is 11.0. The normalized spacial score (nSPS) is 19.2. The number of rotatable bonds is 7. The molecule has 2 heterocycles. The van der Waals surface area contributed by atoms with Gasteiger partial charge < -0.3 is 24.9 Å². The second-order valence-electron chi connectivity index (χ2n) is 7.77. The quantitative estimate of drug-likeness (QED) is 0.262. The second kappa shape index (κ2) is 13.3. The molecule has 3 rings (SSSR count). The smallest absolute Gasteiger partial charge is 0.193 e. The fourth-order valence-corrected chi connectivity index (χ4v) is 4.14. The predicted octanol–water partition coefficient (Wildman–Crippen LogP) is 2.42. The summed E-state index contributed by atoms with van der Waals surface area (Å²) in [5, 5.41) is 3.58. The topological polar surface area (TPSA) is 37.4 Å². The summed E-state index contributed by atoms with van der Waals surface area (Å²) >= 11 is 0. The van der Waals surface area contributed by atoms with Crippen molar-refractivity contribution in [1.82, 2.24) is 20.0 Å². The van der Waals surface area contributed by atoms with Crippen LogP contribution in [0.25, 0.3) is 0 Å². The Hall–Kier alpha value is -1.06. The molecule has 0 unspecified atom stereocenters. The Morgan fingerprint density at radius 1 is 0.897 bits per heavy atom. The van der Waals surface area contributed by atoms with Gasteiger partial charge in [-0.25, -0.2) is 0 Å². The van der Waals surface area contributed by atoms with Gasteiger partial charge in [-0.3, -0.25) is 4.99 Å². The molecule has 2 fully saturated rings. The van der Waals surface area contributed by atoms with E-state index in [1.54, 1.807) is 0 Å². The largest absolute Gasteiger partial charge is 0.368 e. The minimum Gasteiger partial charge on any atom is -0.368 e. The van der Waals surface area contributed by atoms with Crippen molar-refractivity contribution >= 4 is 35.6 Å². The van der Waals surface area contributed by atoms with Crippen molar-refractivity contribution in [3.63, 3.8) is 0 Å². The van der Waals surface area contributed by atoms with Crippen LogP contribution in [-0.4, -0.2) is 99.7 Å². The van der Waals surface area contributed by atoms with Crippen molar-refractivity contribution < 1.29 is 0 Å². The average molecular weight is 515 g/mol. The number of benzene rings is 1. The molecule has 1 aromatic carbocycles. The van der Waals surface area contributed by atoms with Crippen LogP contribution in [0, 0.1) is 0 Å². The molecule has 6 nitrogen and oxygen atoms in total. The zero-order valence-electron chi connectivity index (χ0n) is 18.2. The van der Waals surface area contributed by atoms with Crippen molar-refractivity contribution in [1.29, 1.82) is 0 Å².